The van der Waals surface area contributed by atoms with Gasteiger partial charge in [0.1, 0.15) is 5.76 Å². The second-order valence-electron chi connectivity index (χ2n) is 3.90. The number of carbonyl (C=O) groups excluding carboxylic acids is 1. The maximum absolute atomic E-state index is 11.9. The predicted molar refractivity (Wildman–Crippen MR) is 76.8 cm³/mol. The maximum Gasteiger partial charge on any atom is 0.337 e. The molecule has 2 aromatic rings. The molecule has 1 amide bonds. The number of nitrogens with one attached hydrogen (secondary N) is 1. The fraction of sp³-hybridized carbons (Fsp3) is 0.250. The first-order valence-corrected chi connectivity index (χ1v) is 7.52. The van der Waals surface area contributed by atoms with Crippen LogP contribution in [0.25, 0.3) is 0 Å². The summed E-state index contributed by atoms with van der Waals surface area (Å²) in [5.74, 6) is 0.476. The summed E-state index contributed by atoms with van der Waals surface area (Å²) in [7, 11) is 0. The fourth-order valence-electron chi connectivity index (χ4n) is 1.49. The van der Waals surface area contributed by atoms with Gasteiger partial charge in [0.15, 0.2) is 0 Å². The number of nitro groups is 1. The standard InChI is InChI=1S/C12H12N2O4S2/c1-8(11(15)13-7-9-3-2-5-18-9)20-10-4-6-19-12(10)14(16)17/h2-6,8H,7H2,1H3,(H,13,15)/t8-/m0/s1. The predicted octanol–water partition coefficient (Wildman–Crippen LogP) is 3.05. The summed E-state index contributed by atoms with van der Waals surface area (Å²) in [6.45, 7) is 2.02. The van der Waals surface area contributed by atoms with Gasteiger partial charge in [-0.05, 0) is 30.5 Å². The van der Waals surface area contributed by atoms with Gasteiger partial charge in [-0.1, -0.05) is 11.3 Å². The van der Waals surface area contributed by atoms with E-state index in [1.165, 1.54) is 18.0 Å². The molecule has 2 aromatic heterocycles. The van der Waals surface area contributed by atoms with E-state index in [1.807, 2.05) is 0 Å². The molecule has 1 N–H and O–H groups in total. The van der Waals surface area contributed by atoms with Gasteiger partial charge in [-0.3, -0.25) is 14.9 Å². The number of thiophene rings is 1. The second kappa shape index (κ2) is 6.58. The van der Waals surface area contributed by atoms with E-state index in [1.54, 1.807) is 30.5 Å². The van der Waals surface area contributed by atoms with Crippen molar-refractivity contribution < 1.29 is 14.1 Å². The van der Waals surface area contributed by atoms with Crippen molar-refractivity contribution in [3.63, 3.8) is 0 Å². The third kappa shape index (κ3) is 3.61. The average Bonchev–Trinajstić information content (AvgIpc) is 3.06. The van der Waals surface area contributed by atoms with E-state index in [9.17, 15) is 14.9 Å². The molecule has 1 atom stereocenters. The molecule has 0 saturated carbocycles. The summed E-state index contributed by atoms with van der Waals surface area (Å²) in [6.07, 6.45) is 1.54. The van der Waals surface area contributed by atoms with Crippen molar-refractivity contribution in [3.05, 3.63) is 45.7 Å². The van der Waals surface area contributed by atoms with Crippen LogP contribution in [0.3, 0.4) is 0 Å². The van der Waals surface area contributed by atoms with Crippen LogP contribution in [-0.4, -0.2) is 16.1 Å². The Kier molecular flexibility index (Phi) is 4.80. The summed E-state index contributed by atoms with van der Waals surface area (Å²) < 4.78 is 5.11. The lowest BCUT2D eigenvalue weighted by Crippen LogP contribution is -2.30. The van der Waals surface area contributed by atoms with Crippen LogP contribution >= 0.6 is 23.1 Å². The van der Waals surface area contributed by atoms with Gasteiger partial charge in [0.05, 0.1) is 27.9 Å². The molecule has 0 unspecified atom stereocenters. The number of rotatable bonds is 6. The first kappa shape index (κ1) is 14.6. The molecular weight excluding hydrogens is 300 g/mol. The Balaban J connectivity index is 1.90. The molecule has 0 bridgehead atoms. The van der Waals surface area contributed by atoms with Gasteiger partial charge in [0.25, 0.3) is 0 Å². The summed E-state index contributed by atoms with van der Waals surface area (Å²) >= 11 is 2.23. The molecule has 0 radical (unpaired) electrons. The highest BCUT2D eigenvalue weighted by Crippen LogP contribution is 2.36. The zero-order valence-corrected chi connectivity index (χ0v) is 12.2. The summed E-state index contributed by atoms with van der Waals surface area (Å²) in [4.78, 5) is 22.8. The molecule has 106 valence electrons. The van der Waals surface area contributed by atoms with Crippen molar-refractivity contribution in [3.8, 4) is 0 Å². The minimum absolute atomic E-state index is 0.0701. The van der Waals surface area contributed by atoms with Gasteiger partial charge < -0.3 is 9.73 Å². The normalized spacial score (nSPS) is 12.1. The van der Waals surface area contributed by atoms with Gasteiger partial charge >= 0.3 is 5.00 Å². The molecule has 2 rings (SSSR count). The van der Waals surface area contributed by atoms with Crippen molar-refractivity contribution in [2.45, 2.75) is 23.6 Å². The molecule has 0 aliphatic carbocycles. The Morgan fingerprint density at radius 2 is 2.40 bits per heavy atom. The zero-order chi connectivity index (χ0) is 14.5. The van der Waals surface area contributed by atoms with Gasteiger partial charge in [-0.2, -0.15) is 0 Å². The highest BCUT2D eigenvalue weighted by molar-refractivity contribution is 8.00. The molecule has 0 aliphatic rings. The largest absolute Gasteiger partial charge is 0.467 e. The third-order valence-electron chi connectivity index (χ3n) is 2.47. The number of furan rings is 1. The van der Waals surface area contributed by atoms with Crippen LogP contribution in [0.2, 0.25) is 0 Å². The second-order valence-corrected chi connectivity index (χ2v) is 6.18. The van der Waals surface area contributed by atoms with Gasteiger partial charge in [-0.15, -0.1) is 11.8 Å². The van der Waals surface area contributed by atoms with Crippen LogP contribution in [0, 0.1) is 10.1 Å². The topological polar surface area (TPSA) is 85.4 Å². The highest BCUT2D eigenvalue weighted by atomic mass is 32.2. The molecule has 0 fully saturated rings. The van der Waals surface area contributed by atoms with E-state index in [0.717, 1.165) is 11.3 Å². The van der Waals surface area contributed by atoms with Crippen molar-refractivity contribution >= 4 is 34.0 Å². The van der Waals surface area contributed by atoms with Gasteiger partial charge in [0, 0.05) is 0 Å². The quantitative estimate of drug-likeness (QED) is 0.503. The zero-order valence-electron chi connectivity index (χ0n) is 10.6. The summed E-state index contributed by atoms with van der Waals surface area (Å²) in [6, 6.07) is 5.17. The molecular formula is C12H12N2O4S2. The van der Waals surface area contributed by atoms with Crippen molar-refractivity contribution in [1.29, 1.82) is 0 Å². The molecule has 20 heavy (non-hydrogen) atoms. The molecule has 8 heteroatoms. The Labute approximate surface area is 123 Å². The van der Waals surface area contributed by atoms with Crippen LogP contribution in [-0.2, 0) is 11.3 Å². The van der Waals surface area contributed by atoms with E-state index < -0.39 is 10.2 Å². The Bertz CT molecular complexity index is 594. The molecule has 0 spiro atoms. The molecule has 6 nitrogen and oxygen atoms in total. The van der Waals surface area contributed by atoms with Crippen molar-refractivity contribution in [2.24, 2.45) is 0 Å². The van der Waals surface area contributed by atoms with Crippen LogP contribution in [0.15, 0.2) is 39.2 Å². The van der Waals surface area contributed by atoms with Crippen LogP contribution in [0.1, 0.15) is 12.7 Å². The van der Waals surface area contributed by atoms with Crippen LogP contribution in [0.5, 0.6) is 0 Å². The lowest BCUT2D eigenvalue weighted by Gasteiger charge is -2.09. The maximum atomic E-state index is 11.9. The number of amides is 1. The molecule has 2 heterocycles. The average molecular weight is 312 g/mol. The number of carbonyl (C=O) groups is 1. The Hall–Kier alpha value is -1.80. The minimum atomic E-state index is -0.430. The minimum Gasteiger partial charge on any atom is -0.467 e. The van der Waals surface area contributed by atoms with E-state index in [2.05, 4.69) is 5.32 Å². The Morgan fingerprint density at radius 3 is 3.05 bits per heavy atom. The van der Waals surface area contributed by atoms with Crippen molar-refractivity contribution in [1.82, 2.24) is 5.32 Å². The summed E-state index contributed by atoms with van der Waals surface area (Å²) in [5.41, 5.74) is 0. The number of hydrogen-bond donors (Lipinski definition) is 1. The smallest absolute Gasteiger partial charge is 0.337 e. The van der Waals surface area contributed by atoms with E-state index in [-0.39, 0.29) is 10.9 Å². The highest BCUT2D eigenvalue weighted by Gasteiger charge is 2.21. The first-order valence-electron chi connectivity index (χ1n) is 5.76. The number of nitrogens with zero attached hydrogens (tertiary/aromatic N) is 1. The summed E-state index contributed by atoms with van der Waals surface area (Å²) in [5, 5.41) is 14.8. The monoisotopic (exact) mass is 312 g/mol. The first-order chi connectivity index (χ1) is 9.58. The van der Waals surface area contributed by atoms with E-state index in [0.29, 0.717) is 17.2 Å². The van der Waals surface area contributed by atoms with E-state index >= 15 is 0 Å². The van der Waals surface area contributed by atoms with Gasteiger partial charge in [-0.25, -0.2) is 0 Å². The van der Waals surface area contributed by atoms with Crippen LogP contribution < -0.4 is 5.32 Å². The number of hydrogen-bond acceptors (Lipinski definition) is 6. The van der Waals surface area contributed by atoms with Crippen LogP contribution in [0.4, 0.5) is 5.00 Å². The SMILES string of the molecule is C[C@H](Sc1ccsc1[N+](=O)[O-])C(=O)NCc1ccco1. The van der Waals surface area contributed by atoms with Crippen molar-refractivity contribution in [2.75, 3.05) is 0 Å². The Morgan fingerprint density at radius 1 is 1.60 bits per heavy atom. The lowest BCUT2D eigenvalue weighted by molar-refractivity contribution is -0.382. The number of thioether (sulfide) groups is 1. The lowest BCUT2D eigenvalue weighted by atomic mass is 10.4. The molecule has 0 aliphatic heterocycles. The molecule has 0 saturated heterocycles. The third-order valence-corrected chi connectivity index (χ3v) is 4.61. The van der Waals surface area contributed by atoms with E-state index in [4.69, 9.17) is 4.42 Å². The molecule has 0 aromatic carbocycles. The fourth-order valence-corrected chi connectivity index (χ4v) is 3.36. The van der Waals surface area contributed by atoms with Gasteiger partial charge in [0.2, 0.25) is 5.91 Å².